The van der Waals surface area contributed by atoms with E-state index >= 15 is 0 Å². The lowest BCUT2D eigenvalue weighted by atomic mass is 9.98. The summed E-state index contributed by atoms with van der Waals surface area (Å²) in [7, 11) is 0. The number of Topliss-reactive ketones (excluding diaryl/α,β-unsaturated/α-hetero) is 1. The van der Waals surface area contributed by atoms with Crippen molar-refractivity contribution in [2.24, 2.45) is 17.7 Å². The summed E-state index contributed by atoms with van der Waals surface area (Å²) >= 11 is 0. The fourth-order valence-corrected chi connectivity index (χ4v) is 4.86. The molecule has 0 amide bonds. The predicted octanol–water partition coefficient (Wildman–Crippen LogP) is 5.93. The number of hydrazine groups is 1. The van der Waals surface area contributed by atoms with Gasteiger partial charge in [-0.3, -0.25) is 20.3 Å². The molecule has 0 radical (unpaired) electrons. The van der Waals surface area contributed by atoms with Gasteiger partial charge in [0.25, 0.3) is 5.92 Å². The number of pyridine rings is 1. The molecule has 1 aliphatic rings. The van der Waals surface area contributed by atoms with Crippen LogP contribution < -0.4 is 26.8 Å². The Morgan fingerprint density at radius 2 is 1.81 bits per heavy atom. The molecule has 1 saturated heterocycles. The summed E-state index contributed by atoms with van der Waals surface area (Å²) in [6.45, 7) is 16.1. The first kappa shape index (κ1) is 42.2. The van der Waals surface area contributed by atoms with Crippen LogP contribution in [0.5, 0.6) is 11.5 Å². The molecular formula is C35H57F2N7O4. The maximum Gasteiger partial charge on any atom is 0.262 e. The van der Waals surface area contributed by atoms with Crippen LogP contribution in [-0.4, -0.2) is 70.8 Å². The summed E-state index contributed by atoms with van der Waals surface area (Å²) < 4.78 is 26.0. The molecule has 2 atom stereocenters. The van der Waals surface area contributed by atoms with Gasteiger partial charge >= 0.3 is 0 Å². The van der Waals surface area contributed by atoms with Crippen molar-refractivity contribution in [2.45, 2.75) is 86.2 Å². The van der Waals surface area contributed by atoms with Crippen LogP contribution in [0, 0.1) is 11.8 Å². The third kappa shape index (κ3) is 15.0. The molecule has 0 bridgehead atoms. The number of likely N-dealkylation sites (tertiary alicyclic amines) is 1. The number of rotatable bonds is 16. The van der Waals surface area contributed by atoms with Crippen molar-refractivity contribution >= 4 is 23.6 Å². The van der Waals surface area contributed by atoms with Crippen LogP contribution in [0.3, 0.4) is 0 Å². The largest absolute Gasteiger partial charge is 0.508 e. The van der Waals surface area contributed by atoms with E-state index in [4.69, 9.17) is 5.84 Å². The molecule has 1 fully saturated rings. The van der Waals surface area contributed by atoms with Crippen LogP contribution in [0.1, 0.15) is 85.9 Å². The SMILES string of the molecule is CC.CC1CCN(C(NN)c2ccc(O)cc2)CC1.CCCN(CC(C)CC)c1ncc(N/C=C(\NCC(C)(F)F)C(=O)C=O)cc1O. The fraction of sp³-hybridized carbons (Fsp3) is 0.571. The Morgan fingerprint density at radius 3 is 2.31 bits per heavy atom. The first-order valence-corrected chi connectivity index (χ1v) is 16.8. The number of carbonyl (C=O) groups excluding carboxylic acids is 2. The molecule has 2 aromatic rings. The maximum absolute atomic E-state index is 13.0. The molecule has 0 saturated carbocycles. The zero-order valence-electron chi connectivity index (χ0n) is 29.6. The van der Waals surface area contributed by atoms with E-state index in [1.807, 2.05) is 37.8 Å². The number of aromatic hydroxyl groups is 2. The van der Waals surface area contributed by atoms with Crippen LogP contribution in [0.15, 0.2) is 48.4 Å². The number of nitrogens with zero attached hydrogens (tertiary/aromatic N) is 3. The predicted molar refractivity (Wildman–Crippen MR) is 189 cm³/mol. The molecule has 13 heteroatoms. The van der Waals surface area contributed by atoms with E-state index in [1.54, 1.807) is 12.1 Å². The molecule has 2 heterocycles. The molecule has 48 heavy (non-hydrogen) atoms. The Balaban J connectivity index is 0.000000511. The van der Waals surface area contributed by atoms with Gasteiger partial charge in [0.1, 0.15) is 11.4 Å². The Morgan fingerprint density at radius 1 is 1.19 bits per heavy atom. The number of ketones is 1. The number of anilines is 2. The van der Waals surface area contributed by atoms with Crippen molar-refractivity contribution in [3.05, 3.63) is 54.0 Å². The number of hydrogen-bond donors (Lipinski definition) is 6. The van der Waals surface area contributed by atoms with Crippen molar-refractivity contribution in [3.63, 3.8) is 0 Å². The Labute approximate surface area is 285 Å². The molecule has 2 unspecified atom stereocenters. The zero-order valence-corrected chi connectivity index (χ0v) is 29.6. The van der Waals surface area contributed by atoms with Crippen molar-refractivity contribution < 1.29 is 28.6 Å². The third-order valence-corrected chi connectivity index (χ3v) is 7.76. The molecule has 1 aromatic carbocycles. The van der Waals surface area contributed by atoms with E-state index in [1.165, 1.54) is 25.1 Å². The van der Waals surface area contributed by atoms with E-state index in [2.05, 4.69) is 46.7 Å². The average Bonchev–Trinajstić information content (AvgIpc) is 3.07. The van der Waals surface area contributed by atoms with Gasteiger partial charge in [-0.1, -0.05) is 60.1 Å². The summed E-state index contributed by atoms with van der Waals surface area (Å²) in [4.78, 5) is 31.0. The van der Waals surface area contributed by atoms with Gasteiger partial charge in [0.2, 0.25) is 5.78 Å². The van der Waals surface area contributed by atoms with Gasteiger partial charge in [-0.05, 0) is 48.8 Å². The molecule has 7 N–H and O–H groups in total. The van der Waals surface area contributed by atoms with Crippen molar-refractivity contribution in [2.75, 3.05) is 42.9 Å². The van der Waals surface area contributed by atoms with E-state index in [-0.39, 0.29) is 29.6 Å². The second kappa shape index (κ2) is 21.9. The lowest BCUT2D eigenvalue weighted by molar-refractivity contribution is -0.127. The number of nitrogens with two attached hydrogens (primary N) is 1. The van der Waals surface area contributed by atoms with E-state index < -0.39 is 18.3 Å². The Bertz CT molecular complexity index is 1250. The quantitative estimate of drug-likeness (QED) is 0.0412. The van der Waals surface area contributed by atoms with Crippen molar-refractivity contribution in [1.29, 1.82) is 0 Å². The monoisotopic (exact) mass is 677 g/mol. The highest BCUT2D eigenvalue weighted by Gasteiger charge is 2.24. The molecule has 0 aliphatic carbocycles. The summed E-state index contributed by atoms with van der Waals surface area (Å²) in [5.41, 5.74) is 3.99. The topological polar surface area (TPSA) is 156 Å². The Hall–Kier alpha value is -3.81. The summed E-state index contributed by atoms with van der Waals surface area (Å²) in [6.07, 6.45) is 6.97. The van der Waals surface area contributed by atoms with E-state index in [0.29, 0.717) is 24.3 Å². The number of phenols is 1. The van der Waals surface area contributed by atoms with Gasteiger partial charge < -0.3 is 25.7 Å². The van der Waals surface area contributed by atoms with E-state index in [0.717, 1.165) is 56.7 Å². The summed E-state index contributed by atoms with van der Waals surface area (Å²) in [6, 6.07) is 8.66. The van der Waals surface area contributed by atoms with Crippen molar-refractivity contribution in [1.82, 2.24) is 20.6 Å². The summed E-state index contributed by atoms with van der Waals surface area (Å²) in [5.74, 6) is 3.57. The number of phenolic OH excluding ortho intramolecular Hbond substituents is 1. The zero-order chi connectivity index (χ0) is 36.3. The van der Waals surface area contributed by atoms with Crippen LogP contribution in [-0.2, 0) is 9.59 Å². The van der Waals surface area contributed by atoms with Gasteiger partial charge in [-0.15, -0.1) is 0 Å². The first-order valence-electron chi connectivity index (χ1n) is 16.8. The number of benzene rings is 1. The van der Waals surface area contributed by atoms with Gasteiger partial charge in [0.05, 0.1) is 24.6 Å². The van der Waals surface area contributed by atoms with Gasteiger partial charge in [-0.25, -0.2) is 19.2 Å². The maximum atomic E-state index is 13.0. The number of halogens is 2. The number of aromatic nitrogens is 1. The smallest absolute Gasteiger partial charge is 0.262 e. The highest BCUT2D eigenvalue weighted by Crippen LogP contribution is 2.29. The second-order valence-electron chi connectivity index (χ2n) is 12.0. The molecule has 1 aromatic heterocycles. The fourth-order valence-electron chi connectivity index (χ4n) is 4.86. The summed E-state index contributed by atoms with van der Waals surface area (Å²) in [5, 5.41) is 24.6. The molecule has 0 spiro atoms. The minimum Gasteiger partial charge on any atom is -0.508 e. The molecule has 1 aliphatic heterocycles. The van der Waals surface area contributed by atoms with Crippen LogP contribution >= 0.6 is 0 Å². The van der Waals surface area contributed by atoms with Gasteiger partial charge in [0.15, 0.2) is 17.9 Å². The number of nitrogens with one attached hydrogen (secondary N) is 3. The normalized spacial score (nSPS) is 15.2. The minimum absolute atomic E-state index is 0.0324. The number of carbonyl (C=O) groups is 2. The van der Waals surface area contributed by atoms with Crippen molar-refractivity contribution in [3.8, 4) is 11.5 Å². The molecular weight excluding hydrogens is 620 g/mol. The van der Waals surface area contributed by atoms with Gasteiger partial charge in [0, 0.05) is 45.4 Å². The number of hydrogen-bond acceptors (Lipinski definition) is 11. The van der Waals surface area contributed by atoms with Crippen LogP contribution in [0.4, 0.5) is 20.3 Å². The standard InChI is InChI=1S/C20H30F2N4O3.C13H21N3O.C2H6/c1-5-7-26(11-14(3)6-2)19-17(28)8-15(9-24-19)23-10-16(18(29)12-27)25-13-20(4,21)22;1-10-6-8-16(9-7-10)13(15-14)11-2-4-12(17)5-3-11;1-2/h8-10,12,14,23,25,28H,5-7,11,13H2,1-4H3;2-5,10,13,15,17H,6-9,14H2,1H3;1-2H3/b16-10-;;. The first-order chi connectivity index (χ1) is 22.8. The molecule has 3 rings (SSSR count). The number of piperidine rings is 1. The molecule has 270 valence electrons. The highest BCUT2D eigenvalue weighted by atomic mass is 19.3. The number of allylic oxidation sites excluding steroid dienone is 1. The number of alkyl halides is 2. The van der Waals surface area contributed by atoms with E-state index in [9.17, 15) is 28.6 Å². The lowest BCUT2D eigenvalue weighted by Crippen LogP contribution is -2.45. The van der Waals surface area contributed by atoms with Crippen LogP contribution in [0.25, 0.3) is 0 Å². The Kier molecular flexibility index (Phi) is 19.3. The lowest BCUT2D eigenvalue weighted by Gasteiger charge is -2.36. The van der Waals surface area contributed by atoms with Crippen LogP contribution in [0.2, 0.25) is 0 Å². The van der Waals surface area contributed by atoms with Gasteiger partial charge in [-0.2, -0.15) is 0 Å². The highest BCUT2D eigenvalue weighted by molar-refractivity contribution is 6.32. The second-order valence-corrected chi connectivity index (χ2v) is 12.0. The molecule has 11 nitrogen and oxygen atoms in total. The average molecular weight is 678 g/mol. The minimum atomic E-state index is -3.05. The number of aldehydes is 1. The third-order valence-electron chi connectivity index (χ3n) is 7.76.